The summed E-state index contributed by atoms with van der Waals surface area (Å²) in [4.78, 5) is 12.1. The molecule has 4 heteroatoms. The van der Waals surface area contributed by atoms with E-state index in [1.54, 1.807) is 57.2 Å². The van der Waals surface area contributed by atoms with Crippen molar-refractivity contribution in [1.29, 1.82) is 0 Å². The predicted octanol–water partition coefficient (Wildman–Crippen LogP) is 4.26. The van der Waals surface area contributed by atoms with Crippen LogP contribution in [0.2, 0.25) is 0 Å². The molecular weight excluding hydrogens is 278 g/mol. The SMILES string of the molecule is C=C/C=C(\C=C)C(NC(=O)OC(C)(C)C)c1cccc(O)c1. The molecule has 2 N–H and O–H groups in total. The van der Waals surface area contributed by atoms with E-state index in [0.29, 0.717) is 0 Å². The van der Waals surface area contributed by atoms with Crippen LogP contribution in [0.25, 0.3) is 0 Å². The first-order valence-electron chi connectivity index (χ1n) is 7.00. The molecule has 0 aromatic heterocycles. The molecule has 1 unspecified atom stereocenters. The molecular formula is C18H23NO3. The Morgan fingerprint density at radius 1 is 1.36 bits per heavy atom. The highest BCUT2D eigenvalue weighted by Crippen LogP contribution is 2.26. The summed E-state index contributed by atoms with van der Waals surface area (Å²) >= 11 is 0. The Morgan fingerprint density at radius 2 is 2.05 bits per heavy atom. The van der Waals surface area contributed by atoms with Gasteiger partial charge in [0.1, 0.15) is 11.4 Å². The molecule has 0 aliphatic carbocycles. The third kappa shape index (κ3) is 5.48. The van der Waals surface area contributed by atoms with E-state index in [9.17, 15) is 9.90 Å². The highest BCUT2D eigenvalue weighted by molar-refractivity contribution is 5.69. The van der Waals surface area contributed by atoms with Crippen molar-refractivity contribution in [2.24, 2.45) is 0 Å². The molecule has 0 aliphatic rings. The first kappa shape index (κ1) is 17.6. The van der Waals surface area contributed by atoms with Gasteiger partial charge in [0, 0.05) is 0 Å². The molecule has 22 heavy (non-hydrogen) atoms. The Kier molecular flexibility index (Phi) is 5.99. The minimum atomic E-state index is -0.593. The average Bonchev–Trinajstić information content (AvgIpc) is 2.40. The molecule has 0 saturated heterocycles. The van der Waals surface area contributed by atoms with Gasteiger partial charge in [0.05, 0.1) is 6.04 Å². The number of rotatable bonds is 5. The van der Waals surface area contributed by atoms with E-state index in [-0.39, 0.29) is 5.75 Å². The highest BCUT2D eigenvalue weighted by Gasteiger charge is 2.22. The van der Waals surface area contributed by atoms with E-state index >= 15 is 0 Å². The Labute approximate surface area is 131 Å². The Bertz CT molecular complexity index is 582. The second kappa shape index (κ2) is 7.50. The smallest absolute Gasteiger partial charge is 0.408 e. The fourth-order valence-corrected chi connectivity index (χ4v) is 1.91. The molecule has 0 radical (unpaired) electrons. The number of carbonyl (C=O) groups is 1. The monoisotopic (exact) mass is 301 g/mol. The lowest BCUT2D eigenvalue weighted by atomic mass is 9.98. The molecule has 118 valence electrons. The lowest BCUT2D eigenvalue weighted by Gasteiger charge is -2.24. The van der Waals surface area contributed by atoms with Crippen LogP contribution in [-0.2, 0) is 4.74 Å². The zero-order valence-corrected chi connectivity index (χ0v) is 13.3. The van der Waals surface area contributed by atoms with Crippen LogP contribution < -0.4 is 5.32 Å². The van der Waals surface area contributed by atoms with Crippen molar-refractivity contribution < 1.29 is 14.6 Å². The van der Waals surface area contributed by atoms with Gasteiger partial charge in [-0.3, -0.25) is 0 Å². The zero-order valence-electron chi connectivity index (χ0n) is 13.3. The summed E-state index contributed by atoms with van der Waals surface area (Å²) < 4.78 is 5.29. The van der Waals surface area contributed by atoms with Crippen LogP contribution in [-0.4, -0.2) is 16.8 Å². The quantitative estimate of drug-likeness (QED) is 0.799. The Morgan fingerprint density at radius 3 is 2.55 bits per heavy atom. The van der Waals surface area contributed by atoms with Crippen LogP contribution in [0.5, 0.6) is 5.75 Å². The van der Waals surface area contributed by atoms with E-state index in [1.165, 1.54) is 0 Å². The summed E-state index contributed by atoms with van der Waals surface area (Å²) in [7, 11) is 0. The fraction of sp³-hybridized carbons (Fsp3) is 0.278. The first-order chi connectivity index (χ1) is 10.3. The highest BCUT2D eigenvalue weighted by atomic mass is 16.6. The van der Waals surface area contributed by atoms with Crippen LogP contribution in [0.3, 0.4) is 0 Å². The molecule has 0 spiro atoms. The van der Waals surface area contributed by atoms with Crippen molar-refractivity contribution in [2.75, 3.05) is 0 Å². The van der Waals surface area contributed by atoms with E-state index in [1.807, 2.05) is 6.07 Å². The standard InChI is InChI=1S/C18H23NO3/c1-6-9-13(7-2)16(14-10-8-11-15(20)12-14)19-17(21)22-18(3,4)5/h6-12,16,20H,1-2H2,3-5H3,(H,19,21)/b13-9+. The van der Waals surface area contributed by atoms with Gasteiger partial charge in [0.25, 0.3) is 0 Å². The van der Waals surface area contributed by atoms with Gasteiger partial charge in [-0.05, 0) is 44.0 Å². The fourth-order valence-electron chi connectivity index (χ4n) is 1.91. The van der Waals surface area contributed by atoms with Crippen molar-refractivity contribution >= 4 is 6.09 Å². The summed E-state index contributed by atoms with van der Waals surface area (Å²) in [5, 5.41) is 12.5. The van der Waals surface area contributed by atoms with Crippen LogP contribution >= 0.6 is 0 Å². The summed E-state index contributed by atoms with van der Waals surface area (Å²) in [6.45, 7) is 12.8. The van der Waals surface area contributed by atoms with Crippen molar-refractivity contribution in [3.05, 3.63) is 66.8 Å². The number of ether oxygens (including phenoxy) is 1. The summed E-state index contributed by atoms with van der Waals surface area (Å²) in [5.74, 6) is 0.121. The van der Waals surface area contributed by atoms with Crippen molar-refractivity contribution in [3.63, 3.8) is 0 Å². The lowest BCUT2D eigenvalue weighted by molar-refractivity contribution is 0.0512. The Hall–Kier alpha value is -2.49. The molecule has 0 bridgehead atoms. The van der Waals surface area contributed by atoms with Gasteiger partial charge in [-0.25, -0.2) is 4.79 Å². The second-order valence-electron chi connectivity index (χ2n) is 5.78. The van der Waals surface area contributed by atoms with Crippen LogP contribution in [0.1, 0.15) is 32.4 Å². The van der Waals surface area contributed by atoms with Gasteiger partial charge in [0.15, 0.2) is 0 Å². The molecule has 1 amide bonds. The van der Waals surface area contributed by atoms with Gasteiger partial charge in [-0.15, -0.1) is 0 Å². The third-order valence-electron chi connectivity index (χ3n) is 2.74. The van der Waals surface area contributed by atoms with Gasteiger partial charge in [-0.1, -0.05) is 43.5 Å². The average molecular weight is 301 g/mol. The van der Waals surface area contributed by atoms with Gasteiger partial charge in [0.2, 0.25) is 0 Å². The number of hydrogen-bond donors (Lipinski definition) is 2. The van der Waals surface area contributed by atoms with E-state index < -0.39 is 17.7 Å². The van der Waals surface area contributed by atoms with Crippen LogP contribution in [0.4, 0.5) is 4.79 Å². The minimum Gasteiger partial charge on any atom is -0.508 e. The topological polar surface area (TPSA) is 58.6 Å². The normalized spacial score (nSPS) is 13.1. The molecule has 1 rings (SSSR count). The number of alkyl carbamates (subject to hydrolysis) is 1. The van der Waals surface area contributed by atoms with E-state index in [0.717, 1.165) is 11.1 Å². The third-order valence-corrected chi connectivity index (χ3v) is 2.74. The van der Waals surface area contributed by atoms with E-state index in [4.69, 9.17) is 4.74 Å². The molecule has 0 fully saturated rings. The number of amides is 1. The van der Waals surface area contributed by atoms with Gasteiger partial charge < -0.3 is 15.2 Å². The molecule has 0 aliphatic heterocycles. The van der Waals surface area contributed by atoms with Crippen LogP contribution in [0.15, 0.2) is 61.2 Å². The number of nitrogens with one attached hydrogen (secondary N) is 1. The molecule has 0 saturated carbocycles. The number of aromatic hydroxyl groups is 1. The number of hydrogen-bond acceptors (Lipinski definition) is 3. The molecule has 0 heterocycles. The predicted molar refractivity (Wildman–Crippen MR) is 88.7 cm³/mol. The maximum Gasteiger partial charge on any atom is 0.408 e. The summed E-state index contributed by atoms with van der Waals surface area (Å²) in [5.41, 5.74) is 0.870. The minimum absolute atomic E-state index is 0.121. The number of carbonyl (C=O) groups excluding carboxylic acids is 1. The largest absolute Gasteiger partial charge is 0.508 e. The van der Waals surface area contributed by atoms with Gasteiger partial charge in [-0.2, -0.15) is 0 Å². The molecule has 1 aromatic carbocycles. The number of allylic oxidation sites excluding steroid dienone is 2. The van der Waals surface area contributed by atoms with Crippen molar-refractivity contribution in [1.82, 2.24) is 5.32 Å². The van der Waals surface area contributed by atoms with Crippen molar-refractivity contribution in [2.45, 2.75) is 32.4 Å². The summed E-state index contributed by atoms with van der Waals surface area (Å²) in [6.07, 6.45) is 4.45. The molecule has 1 aromatic rings. The maximum atomic E-state index is 12.1. The number of benzene rings is 1. The molecule has 1 atom stereocenters. The van der Waals surface area contributed by atoms with Crippen molar-refractivity contribution in [3.8, 4) is 5.75 Å². The molecule has 4 nitrogen and oxygen atoms in total. The van der Waals surface area contributed by atoms with Crippen LogP contribution in [0, 0.1) is 0 Å². The first-order valence-corrected chi connectivity index (χ1v) is 7.00. The van der Waals surface area contributed by atoms with E-state index in [2.05, 4.69) is 18.5 Å². The zero-order chi connectivity index (χ0) is 16.8. The Balaban J connectivity index is 3.12. The number of phenolic OH excluding ortho intramolecular Hbond substituents is 1. The lowest BCUT2D eigenvalue weighted by Crippen LogP contribution is -2.35. The second-order valence-corrected chi connectivity index (χ2v) is 5.78. The number of phenols is 1. The van der Waals surface area contributed by atoms with Gasteiger partial charge >= 0.3 is 6.09 Å². The summed E-state index contributed by atoms with van der Waals surface area (Å²) in [6, 6.07) is 6.18. The maximum absolute atomic E-state index is 12.1.